The number of nitro groups is 1. The Morgan fingerprint density at radius 1 is 1.08 bits per heavy atom. The molecule has 2 aromatic carbocycles. The average molecular weight is 492 g/mol. The molecule has 25 heavy (non-hydrogen) atoms. The van der Waals surface area contributed by atoms with E-state index < -0.39 is 20.6 Å². The van der Waals surface area contributed by atoms with Crippen LogP contribution in [0.1, 0.15) is 5.56 Å². The standard InChI is InChI=1S/C16H16Br2N2O4S/c17-10-14(18)12-19(11-13-6-2-1-3-7-13)25(23,24)16-9-5-4-8-15(16)20(21)22/h1-9,14H,10-12H2. The number of rotatable bonds is 8. The average Bonchev–Trinajstić information content (AvgIpc) is 2.61. The second-order valence-corrected chi connectivity index (χ2v) is 9.11. The topological polar surface area (TPSA) is 80.5 Å². The van der Waals surface area contributed by atoms with E-state index in [2.05, 4.69) is 31.9 Å². The molecular weight excluding hydrogens is 476 g/mol. The quantitative estimate of drug-likeness (QED) is 0.318. The molecule has 0 heterocycles. The Kier molecular flexibility index (Phi) is 7.12. The van der Waals surface area contributed by atoms with Gasteiger partial charge < -0.3 is 0 Å². The predicted molar refractivity (Wildman–Crippen MR) is 104 cm³/mol. The van der Waals surface area contributed by atoms with E-state index >= 15 is 0 Å². The second-order valence-electron chi connectivity index (χ2n) is 5.26. The van der Waals surface area contributed by atoms with Crippen LogP contribution in [0.2, 0.25) is 0 Å². The first-order chi connectivity index (χ1) is 11.9. The van der Waals surface area contributed by atoms with Crippen LogP contribution in [0.4, 0.5) is 5.69 Å². The Bertz CT molecular complexity index is 831. The molecule has 0 aliphatic carbocycles. The third-order valence-corrected chi connectivity index (χ3v) is 7.57. The van der Waals surface area contributed by atoms with Crippen molar-refractivity contribution in [2.45, 2.75) is 16.3 Å². The summed E-state index contributed by atoms with van der Waals surface area (Å²) in [6, 6.07) is 14.5. The fourth-order valence-electron chi connectivity index (χ4n) is 2.27. The van der Waals surface area contributed by atoms with Crippen molar-refractivity contribution >= 4 is 47.6 Å². The highest BCUT2D eigenvalue weighted by molar-refractivity contribution is 9.12. The zero-order chi connectivity index (χ0) is 18.4. The molecule has 2 aromatic rings. The predicted octanol–water partition coefficient (Wildman–Crippen LogP) is 3.94. The van der Waals surface area contributed by atoms with Crippen LogP contribution in [0.5, 0.6) is 0 Å². The molecule has 0 aliphatic heterocycles. The molecule has 0 bridgehead atoms. The fourth-order valence-corrected chi connectivity index (χ4v) is 4.65. The van der Waals surface area contributed by atoms with E-state index in [9.17, 15) is 18.5 Å². The van der Waals surface area contributed by atoms with Gasteiger partial charge in [0.25, 0.3) is 5.69 Å². The summed E-state index contributed by atoms with van der Waals surface area (Å²) in [5, 5.41) is 11.8. The second kappa shape index (κ2) is 8.88. The number of alkyl halides is 2. The molecule has 2 rings (SSSR count). The lowest BCUT2D eigenvalue weighted by atomic mass is 10.2. The van der Waals surface area contributed by atoms with Gasteiger partial charge >= 0.3 is 0 Å². The van der Waals surface area contributed by atoms with Crippen LogP contribution in [0, 0.1) is 10.1 Å². The van der Waals surface area contributed by atoms with Crippen LogP contribution >= 0.6 is 31.9 Å². The van der Waals surface area contributed by atoms with Crippen molar-refractivity contribution in [2.24, 2.45) is 0 Å². The molecule has 0 saturated heterocycles. The normalized spacial score (nSPS) is 12.9. The van der Waals surface area contributed by atoms with Crippen LogP contribution in [-0.2, 0) is 16.6 Å². The lowest BCUT2D eigenvalue weighted by Gasteiger charge is -2.24. The van der Waals surface area contributed by atoms with Crippen molar-refractivity contribution in [1.29, 1.82) is 0 Å². The maximum atomic E-state index is 13.1. The summed E-state index contributed by atoms with van der Waals surface area (Å²) >= 11 is 6.73. The number of sulfonamides is 1. The maximum absolute atomic E-state index is 13.1. The van der Waals surface area contributed by atoms with Gasteiger partial charge in [-0.3, -0.25) is 10.1 Å². The largest absolute Gasteiger partial charge is 0.289 e. The number of hydrogen-bond donors (Lipinski definition) is 0. The molecule has 0 N–H and O–H groups in total. The van der Waals surface area contributed by atoms with Gasteiger partial charge in [-0.25, -0.2) is 8.42 Å². The van der Waals surface area contributed by atoms with Crippen LogP contribution in [0.15, 0.2) is 59.5 Å². The molecule has 0 amide bonds. The van der Waals surface area contributed by atoms with E-state index in [1.165, 1.54) is 28.6 Å². The molecule has 6 nitrogen and oxygen atoms in total. The first-order valence-electron chi connectivity index (χ1n) is 7.33. The highest BCUT2D eigenvalue weighted by Gasteiger charge is 2.32. The van der Waals surface area contributed by atoms with Crippen molar-refractivity contribution in [3.63, 3.8) is 0 Å². The number of nitro benzene ring substituents is 1. The Balaban J connectivity index is 2.46. The Morgan fingerprint density at radius 3 is 2.28 bits per heavy atom. The van der Waals surface area contributed by atoms with Crippen LogP contribution in [0.3, 0.4) is 0 Å². The van der Waals surface area contributed by atoms with Gasteiger partial charge in [0.05, 0.1) is 4.92 Å². The van der Waals surface area contributed by atoms with Crippen molar-refractivity contribution in [2.75, 3.05) is 11.9 Å². The zero-order valence-corrected chi connectivity index (χ0v) is 17.1. The fraction of sp³-hybridized carbons (Fsp3) is 0.250. The molecule has 0 aromatic heterocycles. The Morgan fingerprint density at radius 2 is 1.68 bits per heavy atom. The van der Waals surface area contributed by atoms with Gasteiger partial charge in [0.1, 0.15) is 0 Å². The van der Waals surface area contributed by atoms with Gasteiger partial charge in [0.2, 0.25) is 10.0 Å². The van der Waals surface area contributed by atoms with E-state index in [-0.39, 0.29) is 22.8 Å². The Labute approximate surface area is 163 Å². The van der Waals surface area contributed by atoms with Crippen LogP contribution in [-0.4, -0.2) is 34.3 Å². The summed E-state index contributed by atoms with van der Waals surface area (Å²) in [5.41, 5.74) is 0.379. The smallest absolute Gasteiger partial charge is 0.258 e. The molecule has 0 radical (unpaired) electrons. The summed E-state index contributed by atoms with van der Waals surface area (Å²) in [4.78, 5) is 10.1. The SMILES string of the molecule is O=[N+]([O-])c1ccccc1S(=O)(=O)N(Cc1ccccc1)CC(Br)CBr. The minimum Gasteiger partial charge on any atom is -0.258 e. The zero-order valence-electron chi connectivity index (χ0n) is 13.1. The van der Waals surface area contributed by atoms with Crippen LogP contribution in [0.25, 0.3) is 0 Å². The molecule has 134 valence electrons. The van der Waals surface area contributed by atoms with Gasteiger partial charge in [0.15, 0.2) is 4.90 Å². The molecule has 1 unspecified atom stereocenters. The number of para-hydroxylation sites is 1. The summed E-state index contributed by atoms with van der Waals surface area (Å²) in [6.07, 6.45) is 0. The van der Waals surface area contributed by atoms with E-state index in [0.717, 1.165) is 5.56 Å². The molecular formula is C16H16Br2N2O4S. The van der Waals surface area contributed by atoms with Crippen molar-refractivity contribution in [3.05, 3.63) is 70.3 Å². The van der Waals surface area contributed by atoms with Crippen molar-refractivity contribution in [1.82, 2.24) is 4.31 Å². The van der Waals surface area contributed by atoms with Gasteiger partial charge in [-0.1, -0.05) is 74.3 Å². The maximum Gasteiger partial charge on any atom is 0.289 e. The molecule has 0 aliphatic rings. The van der Waals surface area contributed by atoms with Crippen LogP contribution < -0.4 is 0 Å². The highest BCUT2D eigenvalue weighted by atomic mass is 79.9. The molecule has 0 spiro atoms. The third kappa shape index (κ3) is 5.10. The lowest BCUT2D eigenvalue weighted by Crippen LogP contribution is -2.36. The van der Waals surface area contributed by atoms with Gasteiger partial charge in [-0.05, 0) is 11.6 Å². The number of hydrogen-bond acceptors (Lipinski definition) is 4. The van der Waals surface area contributed by atoms with Gasteiger partial charge in [-0.2, -0.15) is 4.31 Å². The molecule has 1 atom stereocenters. The Hall–Kier alpha value is -1.29. The summed E-state index contributed by atoms with van der Waals surface area (Å²) in [6.45, 7) is 0.304. The molecule has 0 fully saturated rings. The highest BCUT2D eigenvalue weighted by Crippen LogP contribution is 2.28. The van der Waals surface area contributed by atoms with Gasteiger partial charge in [0, 0.05) is 29.3 Å². The van der Waals surface area contributed by atoms with Crippen molar-refractivity contribution < 1.29 is 13.3 Å². The lowest BCUT2D eigenvalue weighted by molar-refractivity contribution is -0.387. The van der Waals surface area contributed by atoms with E-state index in [0.29, 0.717) is 5.33 Å². The van der Waals surface area contributed by atoms with Gasteiger partial charge in [-0.15, -0.1) is 0 Å². The monoisotopic (exact) mass is 490 g/mol. The first kappa shape index (κ1) is 20.0. The number of benzene rings is 2. The van der Waals surface area contributed by atoms with E-state index in [1.54, 1.807) is 0 Å². The summed E-state index contributed by atoms with van der Waals surface area (Å²) in [7, 11) is -4.04. The number of halogens is 2. The minimum atomic E-state index is -4.04. The molecule has 0 saturated carbocycles. The first-order valence-corrected chi connectivity index (χ1v) is 10.8. The van der Waals surface area contributed by atoms with Crippen molar-refractivity contribution in [3.8, 4) is 0 Å². The molecule has 9 heteroatoms. The van der Waals surface area contributed by atoms with E-state index in [4.69, 9.17) is 0 Å². The summed E-state index contributed by atoms with van der Waals surface area (Å²) < 4.78 is 27.5. The van der Waals surface area contributed by atoms with E-state index in [1.807, 2.05) is 30.3 Å². The number of nitrogens with zero attached hydrogens (tertiary/aromatic N) is 2. The summed E-state index contributed by atoms with van der Waals surface area (Å²) in [5.74, 6) is 0. The third-order valence-electron chi connectivity index (χ3n) is 3.45. The minimum absolute atomic E-state index is 0.129.